The van der Waals surface area contributed by atoms with E-state index in [9.17, 15) is 8.42 Å². The first-order valence-corrected chi connectivity index (χ1v) is 8.77. The number of rotatable bonds is 7. The number of hydrogen-bond acceptors (Lipinski definition) is 4. The number of thiophene rings is 1. The Morgan fingerprint density at radius 3 is 2.80 bits per heavy atom. The predicted molar refractivity (Wildman–Crippen MR) is 81.1 cm³/mol. The van der Waals surface area contributed by atoms with E-state index in [1.165, 1.54) is 11.3 Å². The zero-order valence-electron chi connectivity index (χ0n) is 11.6. The molecule has 5 nitrogen and oxygen atoms in total. The smallest absolute Gasteiger partial charge is 0.242 e. The lowest BCUT2D eigenvalue weighted by Crippen LogP contribution is -2.22. The lowest BCUT2D eigenvalue weighted by molar-refractivity contribution is 0.581. The molecule has 7 heteroatoms. The third-order valence-corrected chi connectivity index (χ3v) is 5.21. The molecular weight excluding hydrogens is 294 g/mol. The Hall–Kier alpha value is -1.15. The van der Waals surface area contributed by atoms with Gasteiger partial charge in [-0.3, -0.25) is 0 Å². The van der Waals surface area contributed by atoms with Crippen molar-refractivity contribution in [3.05, 3.63) is 40.3 Å². The highest BCUT2D eigenvalue weighted by molar-refractivity contribution is 7.89. The van der Waals surface area contributed by atoms with Crippen LogP contribution in [0.25, 0.3) is 0 Å². The minimum absolute atomic E-state index is 0.310. The van der Waals surface area contributed by atoms with Gasteiger partial charge in [-0.2, -0.15) is 0 Å². The third-order valence-electron chi connectivity index (χ3n) is 2.97. The summed E-state index contributed by atoms with van der Waals surface area (Å²) in [5.74, 6) is 0. The van der Waals surface area contributed by atoms with Crippen LogP contribution in [0.5, 0.6) is 0 Å². The highest BCUT2D eigenvalue weighted by Crippen LogP contribution is 2.15. The van der Waals surface area contributed by atoms with Crippen LogP contribution >= 0.6 is 11.3 Å². The minimum atomic E-state index is -3.46. The molecule has 2 N–H and O–H groups in total. The molecule has 0 bridgehead atoms. The Balaban J connectivity index is 2.09. The van der Waals surface area contributed by atoms with Gasteiger partial charge in [0.2, 0.25) is 10.0 Å². The Morgan fingerprint density at radius 1 is 1.35 bits per heavy atom. The van der Waals surface area contributed by atoms with Crippen LogP contribution in [0.2, 0.25) is 0 Å². The minimum Gasteiger partial charge on any atom is -0.352 e. The van der Waals surface area contributed by atoms with Crippen molar-refractivity contribution in [3.8, 4) is 0 Å². The molecule has 0 aliphatic heterocycles. The summed E-state index contributed by atoms with van der Waals surface area (Å²) < 4.78 is 28.9. The Labute approximate surface area is 123 Å². The van der Waals surface area contributed by atoms with E-state index in [0.717, 1.165) is 17.1 Å². The van der Waals surface area contributed by atoms with Crippen LogP contribution in [0.1, 0.15) is 17.5 Å². The molecule has 0 aliphatic rings. The second-order valence-electron chi connectivity index (χ2n) is 4.46. The number of hydrogen-bond donors (Lipinski definition) is 2. The molecule has 0 saturated heterocycles. The maximum Gasteiger partial charge on any atom is 0.242 e. The van der Waals surface area contributed by atoms with E-state index in [4.69, 9.17) is 0 Å². The molecule has 0 radical (unpaired) electrons. The maximum atomic E-state index is 12.2. The SMILES string of the molecule is CCNCc1cc(S(=O)(=O)NCc2cccs2)cn1C. The largest absolute Gasteiger partial charge is 0.352 e. The van der Waals surface area contributed by atoms with Crippen molar-refractivity contribution in [1.82, 2.24) is 14.6 Å². The molecule has 2 heterocycles. The first kappa shape index (κ1) is 15.2. The van der Waals surface area contributed by atoms with Gasteiger partial charge in [0.25, 0.3) is 0 Å². The highest BCUT2D eigenvalue weighted by Gasteiger charge is 2.17. The van der Waals surface area contributed by atoms with E-state index in [1.807, 2.05) is 36.1 Å². The summed E-state index contributed by atoms with van der Waals surface area (Å²) in [5, 5.41) is 5.12. The molecule has 2 aromatic heterocycles. The van der Waals surface area contributed by atoms with Crippen LogP contribution in [0, 0.1) is 0 Å². The van der Waals surface area contributed by atoms with Crippen molar-refractivity contribution >= 4 is 21.4 Å². The second-order valence-corrected chi connectivity index (χ2v) is 7.26. The van der Waals surface area contributed by atoms with Crippen LogP contribution in [0.15, 0.2) is 34.7 Å². The predicted octanol–water partition coefficient (Wildman–Crippen LogP) is 1.67. The first-order chi connectivity index (χ1) is 9.53. The molecule has 2 rings (SSSR count). The summed E-state index contributed by atoms with van der Waals surface area (Å²) in [4.78, 5) is 1.31. The Morgan fingerprint density at radius 2 is 2.15 bits per heavy atom. The number of nitrogens with zero attached hydrogens (tertiary/aromatic N) is 1. The van der Waals surface area contributed by atoms with Gasteiger partial charge < -0.3 is 9.88 Å². The van der Waals surface area contributed by atoms with Gasteiger partial charge in [-0.25, -0.2) is 13.1 Å². The fraction of sp³-hybridized carbons (Fsp3) is 0.385. The first-order valence-electron chi connectivity index (χ1n) is 6.41. The van der Waals surface area contributed by atoms with E-state index in [0.29, 0.717) is 18.0 Å². The zero-order valence-corrected chi connectivity index (χ0v) is 13.2. The third kappa shape index (κ3) is 3.69. The van der Waals surface area contributed by atoms with E-state index in [1.54, 1.807) is 12.3 Å². The van der Waals surface area contributed by atoms with Gasteiger partial charge in [0, 0.05) is 36.9 Å². The van der Waals surface area contributed by atoms with Crippen molar-refractivity contribution in [1.29, 1.82) is 0 Å². The summed E-state index contributed by atoms with van der Waals surface area (Å²) in [6.45, 7) is 3.86. The normalized spacial score (nSPS) is 11.9. The molecule has 0 atom stereocenters. The van der Waals surface area contributed by atoms with E-state index in [2.05, 4.69) is 10.0 Å². The quantitative estimate of drug-likeness (QED) is 0.817. The van der Waals surface area contributed by atoms with Crippen molar-refractivity contribution in [2.45, 2.75) is 24.9 Å². The summed E-state index contributed by atoms with van der Waals surface area (Å²) in [7, 11) is -1.60. The lowest BCUT2D eigenvalue weighted by atomic mass is 10.4. The molecule has 0 aliphatic carbocycles. The van der Waals surface area contributed by atoms with Gasteiger partial charge in [0.05, 0.1) is 4.90 Å². The van der Waals surface area contributed by atoms with Gasteiger partial charge in [0.15, 0.2) is 0 Å². The number of aromatic nitrogens is 1. The standard InChI is InChI=1S/C13H19N3O2S2/c1-3-14-8-11-7-13(10-16(11)2)20(17,18)15-9-12-5-4-6-19-12/h4-7,10,14-15H,3,8-9H2,1-2H3. The fourth-order valence-corrected chi connectivity index (χ4v) is 3.65. The van der Waals surface area contributed by atoms with Crippen LogP contribution < -0.4 is 10.0 Å². The van der Waals surface area contributed by atoms with Crippen LogP contribution in [0.3, 0.4) is 0 Å². The monoisotopic (exact) mass is 313 g/mol. The Kier molecular flexibility index (Phi) is 4.98. The molecule has 0 spiro atoms. The lowest BCUT2D eigenvalue weighted by Gasteiger charge is -2.02. The van der Waals surface area contributed by atoms with Crippen molar-refractivity contribution in [2.24, 2.45) is 7.05 Å². The van der Waals surface area contributed by atoms with Gasteiger partial charge in [-0.05, 0) is 24.1 Å². The number of sulfonamides is 1. The molecule has 0 aromatic carbocycles. The average molecular weight is 313 g/mol. The van der Waals surface area contributed by atoms with Crippen LogP contribution in [-0.2, 0) is 30.2 Å². The topological polar surface area (TPSA) is 63.1 Å². The van der Waals surface area contributed by atoms with E-state index >= 15 is 0 Å². The zero-order chi connectivity index (χ0) is 14.6. The second kappa shape index (κ2) is 6.53. The van der Waals surface area contributed by atoms with Crippen molar-refractivity contribution < 1.29 is 8.42 Å². The van der Waals surface area contributed by atoms with Crippen molar-refractivity contribution in [3.63, 3.8) is 0 Å². The molecule has 0 unspecified atom stereocenters. The summed E-state index contributed by atoms with van der Waals surface area (Å²) in [6, 6.07) is 5.53. The number of nitrogens with one attached hydrogen (secondary N) is 2. The Bertz CT molecular complexity index is 645. The van der Waals surface area contributed by atoms with Gasteiger partial charge in [-0.15, -0.1) is 11.3 Å². The van der Waals surface area contributed by atoms with Gasteiger partial charge >= 0.3 is 0 Å². The summed E-state index contributed by atoms with van der Waals surface area (Å²) in [6.07, 6.45) is 1.64. The summed E-state index contributed by atoms with van der Waals surface area (Å²) >= 11 is 1.54. The average Bonchev–Trinajstić information content (AvgIpc) is 3.04. The number of aryl methyl sites for hydroxylation is 1. The van der Waals surface area contributed by atoms with Gasteiger partial charge in [0.1, 0.15) is 0 Å². The molecule has 0 saturated carbocycles. The molecular formula is C13H19N3O2S2. The maximum absolute atomic E-state index is 12.2. The highest BCUT2D eigenvalue weighted by atomic mass is 32.2. The van der Waals surface area contributed by atoms with Crippen LogP contribution in [-0.4, -0.2) is 19.5 Å². The molecule has 2 aromatic rings. The van der Waals surface area contributed by atoms with Crippen molar-refractivity contribution in [2.75, 3.05) is 6.54 Å². The van der Waals surface area contributed by atoms with Crippen LogP contribution in [0.4, 0.5) is 0 Å². The van der Waals surface area contributed by atoms with E-state index < -0.39 is 10.0 Å². The van der Waals surface area contributed by atoms with Gasteiger partial charge in [-0.1, -0.05) is 13.0 Å². The molecule has 0 fully saturated rings. The molecule has 20 heavy (non-hydrogen) atoms. The summed E-state index contributed by atoms with van der Waals surface area (Å²) in [5.41, 5.74) is 0.948. The van der Waals surface area contributed by atoms with E-state index in [-0.39, 0.29) is 0 Å². The molecule has 0 amide bonds. The molecule has 110 valence electrons. The fourth-order valence-electron chi connectivity index (χ4n) is 1.82.